The van der Waals surface area contributed by atoms with Gasteiger partial charge in [-0.15, -0.1) is 12.4 Å². The lowest BCUT2D eigenvalue weighted by Gasteiger charge is -2.22. The van der Waals surface area contributed by atoms with E-state index in [0.717, 1.165) is 0 Å². The minimum absolute atomic E-state index is 0. The number of likely N-dealkylation sites (N-methyl/N-ethyl adjacent to an activating group) is 1. The van der Waals surface area contributed by atoms with Crippen LogP contribution in [0, 0.1) is 15.9 Å². The van der Waals surface area contributed by atoms with Crippen LogP contribution in [0.25, 0.3) is 10.2 Å². The number of nitro groups is 1. The summed E-state index contributed by atoms with van der Waals surface area (Å²) in [4.78, 5) is 31.4. The molecule has 0 saturated heterocycles. The lowest BCUT2D eigenvalue weighted by Crippen LogP contribution is -2.36. The van der Waals surface area contributed by atoms with Crippen molar-refractivity contribution in [2.45, 2.75) is 0 Å². The molecule has 148 valence electrons. The van der Waals surface area contributed by atoms with Gasteiger partial charge in [0.05, 0.1) is 15.1 Å². The molecular weight excluding hydrogens is 407 g/mol. The molecule has 0 aliphatic carbocycles. The lowest BCUT2D eigenvalue weighted by molar-refractivity contribution is -0.384. The van der Waals surface area contributed by atoms with Gasteiger partial charge in [-0.25, -0.2) is 9.37 Å². The Kier molecular flexibility index (Phi) is 7.00. The van der Waals surface area contributed by atoms with Crippen molar-refractivity contribution in [1.82, 2.24) is 9.88 Å². The van der Waals surface area contributed by atoms with Crippen molar-refractivity contribution in [3.05, 3.63) is 64.0 Å². The molecule has 0 spiro atoms. The van der Waals surface area contributed by atoms with Gasteiger partial charge in [0.25, 0.3) is 11.6 Å². The molecule has 0 atom stereocenters. The van der Waals surface area contributed by atoms with E-state index in [1.54, 1.807) is 6.07 Å². The van der Waals surface area contributed by atoms with Crippen molar-refractivity contribution in [1.29, 1.82) is 0 Å². The number of amides is 1. The Morgan fingerprint density at radius 2 is 1.96 bits per heavy atom. The minimum Gasteiger partial charge on any atom is -0.308 e. The lowest BCUT2D eigenvalue weighted by atomic mass is 10.2. The van der Waals surface area contributed by atoms with Crippen LogP contribution >= 0.6 is 23.7 Å². The van der Waals surface area contributed by atoms with Crippen molar-refractivity contribution < 1.29 is 14.1 Å². The van der Waals surface area contributed by atoms with Crippen LogP contribution in [-0.2, 0) is 0 Å². The van der Waals surface area contributed by atoms with Crippen LogP contribution < -0.4 is 4.90 Å². The maximum Gasteiger partial charge on any atom is 0.270 e. The first-order valence-electron chi connectivity index (χ1n) is 8.12. The summed E-state index contributed by atoms with van der Waals surface area (Å²) in [5.74, 6) is -0.761. The molecule has 0 N–H and O–H groups in total. The Hall–Kier alpha value is -2.62. The van der Waals surface area contributed by atoms with Gasteiger partial charge in [0.1, 0.15) is 5.82 Å². The van der Waals surface area contributed by atoms with E-state index in [-0.39, 0.29) is 35.4 Å². The number of non-ortho nitro benzene ring substituents is 1. The van der Waals surface area contributed by atoms with Gasteiger partial charge < -0.3 is 4.90 Å². The molecule has 2 aromatic carbocycles. The first-order valence-corrected chi connectivity index (χ1v) is 8.94. The second-order valence-corrected chi connectivity index (χ2v) is 7.19. The summed E-state index contributed by atoms with van der Waals surface area (Å²) in [5, 5.41) is 11.4. The molecule has 0 unspecified atom stereocenters. The van der Waals surface area contributed by atoms with Gasteiger partial charge >= 0.3 is 0 Å². The van der Waals surface area contributed by atoms with Crippen molar-refractivity contribution >= 4 is 50.7 Å². The number of thiazole rings is 1. The van der Waals surface area contributed by atoms with Gasteiger partial charge in [0, 0.05) is 30.8 Å². The first kappa shape index (κ1) is 21.7. The van der Waals surface area contributed by atoms with E-state index in [1.807, 2.05) is 19.0 Å². The molecule has 3 rings (SSSR count). The summed E-state index contributed by atoms with van der Waals surface area (Å²) in [6.07, 6.45) is 0. The fourth-order valence-corrected chi connectivity index (χ4v) is 3.51. The fourth-order valence-electron chi connectivity index (χ4n) is 2.49. The van der Waals surface area contributed by atoms with E-state index in [2.05, 4.69) is 4.98 Å². The van der Waals surface area contributed by atoms with Crippen molar-refractivity contribution in [3.8, 4) is 0 Å². The maximum absolute atomic E-state index is 13.5. The highest BCUT2D eigenvalue weighted by atomic mass is 35.5. The first-order chi connectivity index (χ1) is 12.8. The number of nitrogens with zero attached hydrogens (tertiary/aromatic N) is 4. The number of rotatable bonds is 6. The van der Waals surface area contributed by atoms with Crippen LogP contribution in [0.15, 0.2) is 42.5 Å². The van der Waals surface area contributed by atoms with Crippen LogP contribution in [0.1, 0.15) is 10.4 Å². The summed E-state index contributed by atoms with van der Waals surface area (Å²) in [6.45, 7) is 0.918. The Balaban J connectivity index is 0.00000280. The zero-order valence-electron chi connectivity index (χ0n) is 15.2. The number of hydrogen-bond acceptors (Lipinski definition) is 6. The van der Waals surface area contributed by atoms with Crippen molar-refractivity contribution in [2.24, 2.45) is 0 Å². The van der Waals surface area contributed by atoms with E-state index >= 15 is 0 Å². The number of anilines is 1. The monoisotopic (exact) mass is 424 g/mol. The molecule has 0 aliphatic heterocycles. The second kappa shape index (κ2) is 9.05. The smallest absolute Gasteiger partial charge is 0.270 e. The number of carbonyl (C=O) groups is 1. The van der Waals surface area contributed by atoms with Crippen molar-refractivity contribution in [3.63, 3.8) is 0 Å². The van der Waals surface area contributed by atoms with E-state index in [0.29, 0.717) is 28.4 Å². The van der Waals surface area contributed by atoms with Crippen LogP contribution in [0.2, 0.25) is 0 Å². The number of hydrogen-bond donors (Lipinski definition) is 0. The van der Waals surface area contributed by atoms with Crippen LogP contribution in [-0.4, -0.2) is 47.9 Å². The SMILES string of the molecule is CN(C)CCN(C(=O)c1cccc([N+](=O)[O-])c1)c1nc2ccc(F)cc2s1.Cl. The second-order valence-electron chi connectivity index (χ2n) is 6.18. The molecule has 1 amide bonds. The molecule has 7 nitrogen and oxygen atoms in total. The number of carbonyl (C=O) groups excluding carboxylic acids is 1. The summed E-state index contributed by atoms with van der Waals surface area (Å²) < 4.78 is 14.1. The highest BCUT2D eigenvalue weighted by Gasteiger charge is 2.23. The molecule has 1 aromatic heterocycles. The van der Waals surface area contributed by atoms with Crippen LogP contribution in [0.3, 0.4) is 0 Å². The minimum atomic E-state index is -0.540. The van der Waals surface area contributed by atoms with Gasteiger partial charge in [-0.1, -0.05) is 17.4 Å². The van der Waals surface area contributed by atoms with Crippen LogP contribution in [0.5, 0.6) is 0 Å². The topological polar surface area (TPSA) is 79.6 Å². The highest BCUT2D eigenvalue weighted by Crippen LogP contribution is 2.30. The zero-order chi connectivity index (χ0) is 19.6. The highest BCUT2D eigenvalue weighted by molar-refractivity contribution is 7.22. The number of fused-ring (bicyclic) bond motifs is 1. The zero-order valence-corrected chi connectivity index (χ0v) is 16.8. The molecular formula is C18H18ClFN4O3S. The summed E-state index contributed by atoms with van der Waals surface area (Å²) >= 11 is 1.21. The van der Waals surface area contributed by atoms with Gasteiger partial charge in [-0.05, 0) is 38.4 Å². The summed E-state index contributed by atoms with van der Waals surface area (Å²) in [6, 6.07) is 9.84. The molecule has 0 fully saturated rings. The Labute approximate surface area is 171 Å². The van der Waals surface area contributed by atoms with Crippen molar-refractivity contribution in [2.75, 3.05) is 32.1 Å². The van der Waals surface area contributed by atoms with Gasteiger partial charge in [-0.3, -0.25) is 19.8 Å². The fraction of sp³-hybridized carbons (Fsp3) is 0.222. The third-order valence-electron chi connectivity index (χ3n) is 3.89. The average Bonchev–Trinajstić information content (AvgIpc) is 3.04. The Bertz CT molecular complexity index is 1010. The molecule has 28 heavy (non-hydrogen) atoms. The van der Waals surface area contributed by atoms with E-state index in [1.165, 1.54) is 52.6 Å². The quantitative estimate of drug-likeness (QED) is 0.441. The largest absolute Gasteiger partial charge is 0.308 e. The van der Waals surface area contributed by atoms with Gasteiger partial charge in [0.2, 0.25) is 0 Å². The Morgan fingerprint density at radius 3 is 2.64 bits per heavy atom. The standard InChI is InChI=1S/C18H17FN4O3S.ClH/c1-21(2)8-9-22(17(24)12-4-3-5-14(10-12)23(25)26)18-20-15-7-6-13(19)11-16(15)27-18;/h3-7,10-11H,8-9H2,1-2H3;1H. The van der Waals surface area contributed by atoms with E-state index < -0.39 is 4.92 Å². The average molecular weight is 425 g/mol. The number of aromatic nitrogens is 1. The van der Waals surface area contributed by atoms with E-state index in [4.69, 9.17) is 0 Å². The predicted octanol–water partition coefficient (Wildman–Crippen LogP) is 3.97. The predicted molar refractivity (Wildman–Crippen MR) is 110 cm³/mol. The molecule has 1 heterocycles. The number of nitro benzene ring substituents is 1. The van der Waals surface area contributed by atoms with Gasteiger partial charge in [-0.2, -0.15) is 0 Å². The third kappa shape index (κ3) is 4.80. The molecule has 0 bridgehead atoms. The summed E-state index contributed by atoms with van der Waals surface area (Å²) in [5.41, 5.74) is 0.645. The molecule has 3 aromatic rings. The Morgan fingerprint density at radius 1 is 1.21 bits per heavy atom. The normalized spacial score (nSPS) is 10.7. The maximum atomic E-state index is 13.5. The number of benzene rings is 2. The molecule has 0 saturated carbocycles. The van der Waals surface area contributed by atoms with E-state index in [9.17, 15) is 19.3 Å². The summed E-state index contributed by atoms with van der Waals surface area (Å²) in [7, 11) is 3.76. The third-order valence-corrected chi connectivity index (χ3v) is 4.93. The number of halogens is 2. The molecule has 0 radical (unpaired) electrons. The molecule has 10 heteroatoms. The van der Waals surface area contributed by atoms with Crippen LogP contribution in [0.4, 0.5) is 15.2 Å². The van der Waals surface area contributed by atoms with Gasteiger partial charge in [0.15, 0.2) is 5.13 Å². The molecule has 0 aliphatic rings.